The van der Waals surface area contributed by atoms with Gasteiger partial charge in [-0.15, -0.1) is 0 Å². The summed E-state index contributed by atoms with van der Waals surface area (Å²) < 4.78 is 13.2. The van der Waals surface area contributed by atoms with Gasteiger partial charge in [-0.1, -0.05) is 46.3 Å². The second kappa shape index (κ2) is 6.81. The van der Waals surface area contributed by atoms with E-state index in [0.717, 1.165) is 14.9 Å². The van der Waals surface area contributed by atoms with Gasteiger partial charge in [-0.3, -0.25) is 9.00 Å². The van der Waals surface area contributed by atoms with E-state index in [1.54, 1.807) is 18.2 Å². The van der Waals surface area contributed by atoms with E-state index in [4.69, 9.17) is 5.11 Å². The van der Waals surface area contributed by atoms with Gasteiger partial charge in [0.1, 0.15) is 0 Å². The molecule has 1 N–H and O–H groups in total. The van der Waals surface area contributed by atoms with Crippen molar-refractivity contribution in [3.05, 3.63) is 64.1 Å². The summed E-state index contributed by atoms with van der Waals surface area (Å²) in [5, 5.41) is 8.90. The molecule has 0 amide bonds. The van der Waals surface area contributed by atoms with Crippen molar-refractivity contribution in [2.75, 3.05) is 0 Å². The van der Waals surface area contributed by atoms with Crippen molar-refractivity contribution in [1.82, 2.24) is 0 Å². The van der Waals surface area contributed by atoms with E-state index in [1.807, 2.05) is 30.3 Å². The third kappa shape index (κ3) is 4.02. The zero-order chi connectivity index (χ0) is 14.5. The van der Waals surface area contributed by atoms with E-state index < -0.39 is 16.8 Å². The normalized spacial score (nSPS) is 12.1. The highest BCUT2D eigenvalue weighted by molar-refractivity contribution is 9.10. The predicted molar refractivity (Wildman–Crippen MR) is 82.0 cm³/mol. The van der Waals surface area contributed by atoms with Gasteiger partial charge in [0, 0.05) is 9.37 Å². The fourth-order valence-corrected chi connectivity index (χ4v) is 3.64. The molecule has 20 heavy (non-hydrogen) atoms. The molecule has 2 aromatic carbocycles. The van der Waals surface area contributed by atoms with E-state index >= 15 is 0 Å². The maximum absolute atomic E-state index is 12.3. The van der Waals surface area contributed by atoms with Crippen molar-refractivity contribution >= 4 is 32.7 Å². The van der Waals surface area contributed by atoms with Crippen LogP contribution in [0.5, 0.6) is 0 Å². The van der Waals surface area contributed by atoms with Crippen LogP contribution >= 0.6 is 15.9 Å². The topological polar surface area (TPSA) is 54.4 Å². The molecule has 0 aliphatic rings. The number of rotatable bonds is 5. The molecule has 3 nitrogen and oxygen atoms in total. The molecule has 2 rings (SSSR count). The Morgan fingerprint density at radius 3 is 2.45 bits per heavy atom. The van der Waals surface area contributed by atoms with Crippen molar-refractivity contribution in [3.8, 4) is 0 Å². The Kier molecular flexibility index (Phi) is 5.09. The Bertz CT molecular complexity index is 655. The SMILES string of the molecule is O=C(O)Cc1ccccc1CS(=O)c1cccc(Br)c1. The van der Waals surface area contributed by atoms with Crippen LogP contribution in [0.1, 0.15) is 11.1 Å². The first-order valence-corrected chi connectivity index (χ1v) is 8.10. The van der Waals surface area contributed by atoms with Crippen LogP contribution in [0.15, 0.2) is 57.9 Å². The van der Waals surface area contributed by atoms with Crippen LogP contribution in [-0.2, 0) is 27.8 Å². The summed E-state index contributed by atoms with van der Waals surface area (Å²) >= 11 is 3.35. The van der Waals surface area contributed by atoms with Crippen molar-refractivity contribution in [3.63, 3.8) is 0 Å². The largest absolute Gasteiger partial charge is 0.481 e. The molecule has 0 saturated carbocycles. The van der Waals surface area contributed by atoms with Gasteiger partial charge >= 0.3 is 5.97 Å². The molecule has 0 bridgehead atoms. The number of benzene rings is 2. The molecular formula is C15H13BrO3S. The van der Waals surface area contributed by atoms with E-state index in [9.17, 15) is 9.00 Å². The fourth-order valence-electron chi connectivity index (χ4n) is 1.87. The van der Waals surface area contributed by atoms with Gasteiger partial charge in [-0.25, -0.2) is 0 Å². The van der Waals surface area contributed by atoms with Crippen molar-refractivity contribution in [2.24, 2.45) is 0 Å². The molecule has 0 aliphatic carbocycles. The molecule has 0 fully saturated rings. The summed E-state index contributed by atoms with van der Waals surface area (Å²) in [6.07, 6.45) is -0.0497. The summed E-state index contributed by atoms with van der Waals surface area (Å²) in [6.45, 7) is 0. The first-order chi connectivity index (χ1) is 9.56. The van der Waals surface area contributed by atoms with Crippen LogP contribution in [0.2, 0.25) is 0 Å². The average Bonchev–Trinajstić information content (AvgIpc) is 2.40. The fraction of sp³-hybridized carbons (Fsp3) is 0.133. The smallest absolute Gasteiger partial charge is 0.307 e. The van der Waals surface area contributed by atoms with Crippen LogP contribution < -0.4 is 0 Å². The predicted octanol–water partition coefficient (Wildman–Crippen LogP) is 3.38. The zero-order valence-electron chi connectivity index (χ0n) is 10.6. The number of hydrogen-bond acceptors (Lipinski definition) is 2. The summed E-state index contributed by atoms with van der Waals surface area (Å²) in [5.41, 5.74) is 1.52. The van der Waals surface area contributed by atoms with Crippen LogP contribution in [-0.4, -0.2) is 15.3 Å². The summed E-state index contributed by atoms with van der Waals surface area (Å²) in [7, 11) is -1.19. The van der Waals surface area contributed by atoms with Gasteiger partial charge < -0.3 is 5.11 Å². The Morgan fingerprint density at radius 2 is 1.80 bits per heavy atom. The minimum atomic E-state index is -1.19. The van der Waals surface area contributed by atoms with Gasteiger partial charge in [-0.2, -0.15) is 0 Å². The van der Waals surface area contributed by atoms with Crippen molar-refractivity contribution in [1.29, 1.82) is 0 Å². The Hall–Kier alpha value is -1.46. The van der Waals surface area contributed by atoms with Crippen LogP contribution in [0, 0.1) is 0 Å². The summed E-state index contributed by atoms with van der Waals surface area (Å²) in [4.78, 5) is 11.6. The second-order valence-corrected chi connectivity index (χ2v) is 6.65. The minimum Gasteiger partial charge on any atom is -0.481 e. The zero-order valence-corrected chi connectivity index (χ0v) is 13.0. The molecule has 0 radical (unpaired) electrons. The average molecular weight is 353 g/mol. The number of carboxylic acid groups (broad SMARTS) is 1. The molecule has 0 aliphatic heterocycles. The first kappa shape index (κ1) is 14.9. The van der Waals surface area contributed by atoms with E-state index in [2.05, 4.69) is 15.9 Å². The second-order valence-electron chi connectivity index (χ2n) is 4.29. The van der Waals surface area contributed by atoms with Crippen molar-refractivity contribution in [2.45, 2.75) is 17.1 Å². The molecule has 0 spiro atoms. The third-order valence-corrected chi connectivity index (χ3v) is 4.65. The molecule has 0 aromatic heterocycles. The quantitative estimate of drug-likeness (QED) is 0.897. The highest BCUT2D eigenvalue weighted by Crippen LogP contribution is 2.19. The molecule has 104 valence electrons. The number of aliphatic carboxylic acids is 1. The molecular weight excluding hydrogens is 340 g/mol. The van der Waals surface area contributed by atoms with Gasteiger partial charge in [0.05, 0.1) is 23.0 Å². The summed E-state index contributed by atoms with van der Waals surface area (Å²) in [6, 6.07) is 14.6. The lowest BCUT2D eigenvalue weighted by Crippen LogP contribution is -2.05. The van der Waals surface area contributed by atoms with Gasteiger partial charge in [0.25, 0.3) is 0 Å². The first-order valence-electron chi connectivity index (χ1n) is 5.99. The summed E-state index contributed by atoms with van der Waals surface area (Å²) in [5.74, 6) is -0.564. The number of halogens is 1. The minimum absolute atomic E-state index is 0.0497. The Labute approximate surface area is 128 Å². The maximum atomic E-state index is 12.3. The standard InChI is InChI=1S/C15H13BrO3S/c16-13-6-3-7-14(9-13)20(19)10-12-5-2-1-4-11(12)8-15(17)18/h1-7,9H,8,10H2,(H,17,18). The maximum Gasteiger partial charge on any atom is 0.307 e. The number of carbonyl (C=O) groups is 1. The molecule has 0 saturated heterocycles. The molecule has 0 heterocycles. The Balaban J connectivity index is 2.21. The van der Waals surface area contributed by atoms with E-state index in [0.29, 0.717) is 11.3 Å². The van der Waals surface area contributed by atoms with Crippen LogP contribution in [0.4, 0.5) is 0 Å². The molecule has 1 atom stereocenters. The molecule has 1 unspecified atom stereocenters. The van der Waals surface area contributed by atoms with Crippen LogP contribution in [0.3, 0.4) is 0 Å². The highest BCUT2D eigenvalue weighted by atomic mass is 79.9. The van der Waals surface area contributed by atoms with Crippen LogP contribution in [0.25, 0.3) is 0 Å². The van der Waals surface area contributed by atoms with Gasteiger partial charge in [-0.05, 0) is 29.3 Å². The van der Waals surface area contributed by atoms with Crippen molar-refractivity contribution < 1.29 is 14.1 Å². The molecule has 2 aromatic rings. The van der Waals surface area contributed by atoms with Gasteiger partial charge in [0.15, 0.2) is 0 Å². The number of hydrogen-bond donors (Lipinski definition) is 1. The third-order valence-electron chi connectivity index (χ3n) is 2.81. The highest BCUT2D eigenvalue weighted by Gasteiger charge is 2.11. The lowest BCUT2D eigenvalue weighted by atomic mass is 10.1. The lowest BCUT2D eigenvalue weighted by molar-refractivity contribution is -0.136. The Morgan fingerprint density at radius 1 is 1.10 bits per heavy atom. The monoisotopic (exact) mass is 352 g/mol. The van der Waals surface area contributed by atoms with Gasteiger partial charge in [0.2, 0.25) is 0 Å². The van der Waals surface area contributed by atoms with E-state index in [1.165, 1.54) is 0 Å². The molecule has 5 heteroatoms. The van der Waals surface area contributed by atoms with E-state index in [-0.39, 0.29) is 6.42 Å². The lowest BCUT2D eigenvalue weighted by Gasteiger charge is -2.08. The number of carboxylic acids is 1.